The summed E-state index contributed by atoms with van der Waals surface area (Å²) in [7, 11) is 2.02. The molecule has 0 saturated heterocycles. The van der Waals surface area contributed by atoms with Gasteiger partial charge in [-0.1, -0.05) is 72.8 Å². The van der Waals surface area contributed by atoms with Crippen molar-refractivity contribution in [3.05, 3.63) is 140 Å². The largest absolute Gasteiger partial charge is 0.457 e. The van der Waals surface area contributed by atoms with Crippen molar-refractivity contribution < 1.29 is 9.30 Å². The molecule has 0 aliphatic rings. The first-order valence-electron chi connectivity index (χ1n) is 13.1. The second-order valence-electron chi connectivity index (χ2n) is 9.61. The van der Waals surface area contributed by atoms with Crippen LogP contribution in [-0.2, 0) is 7.05 Å². The highest BCUT2D eigenvalue weighted by molar-refractivity contribution is 5.80. The molecule has 0 aliphatic carbocycles. The smallest absolute Gasteiger partial charge is 0.273 e. The standard InChI is InChI=1S/C34H26N5O/c1-37-24-38(34-32(37)19-10-20-35-34)27-15-8-17-29(21-27)40-30-18-9-16-28(22-30)39-23-31(25-11-4-2-5-12-25)33(36-39)26-13-6-3-7-14-26/h2-24H,1H3/q+1. The van der Waals surface area contributed by atoms with Crippen molar-refractivity contribution in [2.24, 2.45) is 7.05 Å². The topological polar surface area (TPSA) is 48.8 Å². The van der Waals surface area contributed by atoms with E-state index in [0.717, 1.165) is 56.4 Å². The number of fused-ring (bicyclic) bond motifs is 1. The zero-order valence-corrected chi connectivity index (χ0v) is 21.9. The van der Waals surface area contributed by atoms with Crippen molar-refractivity contribution in [3.8, 4) is 45.3 Å². The number of aromatic nitrogens is 5. The monoisotopic (exact) mass is 520 g/mol. The predicted molar refractivity (Wildman–Crippen MR) is 157 cm³/mol. The van der Waals surface area contributed by atoms with Crippen molar-refractivity contribution >= 4 is 11.2 Å². The Hall–Kier alpha value is -5.49. The normalized spacial score (nSPS) is 11.1. The van der Waals surface area contributed by atoms with Crippen LogP contribution in [0.3, 0.4) is 0 Å². The van der Waals surface area contributed by atoms with Gasteiger partial charge in [-0.25, -0.2) is 14.2 Å². The third kappa shape index (κ3) is 4.41. The van der Waals surface area contributed by atoms with Crippen LogP contribution in [0.2, 0.25) is 0 Å². The van der Waals surface area contributed by atoms with Gasteiger partial charge in [0.2, 0.25) is 0 Å². The molecule has 0 amide bonds. The molecule has 6 heteroatoms. The lowest BCUT2D eigenvalue weighted by atomic mass is 10.0. The molecule has 0 spiro atoms. The van der Waals surface area contributed by atoms with E-state index >= 15 is 0 Å². The van der Waals surface area contributed by atoms with E-state index in [1.54, 1.807) is 0 Å². The number of nitrogens with zero attached hydrogens (tertiary/aromatic N) is 5. The fourth-order valence-corrected chi connectivity index (χ4v) is 5.00. The van der Waals surface area contributed by atoms with Crippen LogP contribution in [0.4, 0.5) is 0 Å². The first-order chi connectivity index (χ1) is 19.7. The molecule has 6 nitrogen and oxygen atoms in total. The summed E-state index contributed by atoms with van der Waals surface area (Å²) in [4.78, 5) is 4.58. The van der Waals surface area contributed by atoms with Crippen molar-refractivity contribution in [1.29, 1.82) is 0 Å². The van der Waals surface area contributed by atoms with Gasteiger partial charge < -0.3 is 4.74 Å². The summed E-state index contributed by atoms with van der Waals surface area (Å²) in [5.74, 6) is 1.47. The molecule has 0 atom stereocenters. The molecule has 0 saturated carbocycles. The maximum Gasteiger partial charge on any atom is 0.273 e. The third-order valence-electron chi connectivity index (χ3n) is 6.92. The number of ether oxygens (including phenoxy) is 1. The molecule has 3 heterocycles. The van der Waals surface area contributed by atoms with Crippen LogP contribution in [0.5, 0.6) is 11.5 Å². The number of hydrogen-bond acceptors (Lipinski definition) is 3. The summed E-state index contributed by atoms with van der Waals surface area (Å²) in [6, 6.07) is 40.7. The minimum Gasteiger partial charge on any atom is -0.457 e. The molecule has 0 unspecified atom stereocenters. The molecule has 0 fully saturated rings. The minimum atomic E-state index is 0.730. The van der Waals surface area contributed by atoms with Gasteiger partial charge in [0, 0.05) is 35.7 Å². The van der Waals surface area contributed by atoms with Gasteiger partial charge in [-0.3, -0.25) is 0 Å². The van der Waals surface area contributed by atoms with E-state index < -0.39 is 0 Å². The van der Waals surface area contributed by atoms with E-state index in [1.165, 1.54) is 0 Å². The van der Waals surface area contributed by atoms with Crippen molar-refractivity contribution in [3.63, 3.8) is 0 Å². The highest BCUT2D eigenvalue weighted by atomic mass is 16.5. The van der Waals surface area contributed by atoms with Gasteiger partial charge >= 0.3 is 0 Å². The van der Waals surface area contributed by atoms with E-state index in [1.807, 2.05) is 97.1 Å². The summed E-state index contributed by atoms with van der Waals surface area (Å²) in [5, 5.41) is 5.01. The van der Waals surface area contributed by atoms with Crippen LogP contribution >= 0.6 is 0 Å². The van der Waals surface area contributed by atoms with E-state index in [4.69, 9.17) is 9.84 Å². The molecule has 3 aromatic heterocycles. The molecular weight excluding hydrogens is 494 g/mol. The van der Waals surface area contributed by atoms with Crippen LogP contribution in [0.15, 0.2) is 140 Å². The summed E-state index contributed by atoms with van der Waals surface area (Å²) >= 11 is 0. The van der Waals surface area contributed by atoms with E-state index in [-0.39, 0.29) is 0 Å². The van der Waals surface area contributed by atoms with Gasteiger partial charge in [0.15, 0.2) is 5.52 Å². The first kappa shape index (κ1) is 23.6. The van der Waals surface area contributed by atoms with E-state index in [2.05, 4.69) is 68.8 Å². The maximum atomic E-state index is 6.35. The lowest BCUT2D eigenvalue weighted by Crippen LogP contribution is -2.25. The molecule has 192 valence electrons. The Morgan fingerprint density at radius 1 is 0.675 bits per heavy atom. The molecule has 0 N–H and O–H groups in total. The fourth-order valence-electron chi connectivity index (χ4n) is 5.00. The Labute approximate surface area is 232 Å². The zero-order chi connectivity index (χ0) is 26.9. The zero-order valence-electron chi connectivity index (χ0n) is 21.9. The second kappa shape index (κ2) is 10.0. The highest BCUT2D eigenvalue weighted by Crippen LogP contribution is 2.33. The number of aryl methyl sites for hydroxylation is 1. The predicted octanol–water partition coefficient (Wildman–Crippen LogP) is 7.16. The van der Waals surface area contributed by atoms with Gasteiger partial charge in [-0.15, -0.1) is 0 Å². The van der Waals surface area contributed by atoms with Crippen molar-refractivity contribution in [2.45, 2.75) is 0 Å². The van der Waals surface area contributed by atoms with Crippen molar-refractivity contribution in [2.75, 3.05) is 0 Å². The Morgan fingerprint density at radius 2 is 1.35 bits per heavy atom. The second-order valence-corrected chi connectivity index (χ2v) is 9.61. The molecule has 0 aliphatic heterocycles. The number of hydrogen-bond donors (Lipinski definition) is 0. The maximum absolute atomic E-state index is 6.35. The van der Waals surface area contributed by atoms with Crippen LogP contribution < -0.4 is 9.30 Å². The molecule has 7 rings (SSSR count). The Kier molecular flexibility index (Phi) is 5.90. The number of pyridine rings is 1. The van der Waals surface area contributed by atoms with E-state index in [9.17, 15) is 0 Å². The summed E-state index contributed by atoms with van der Waals surface area (Å²) in [6.07, 6.45) is 5.93. The molecule has 4 aromatic carbocycles. The van der Waals surface area contributed by atoms with Crippen LogP contribution in [-0.4, -0.2) is 19.3 Å². The Balaban J connectivity index is 1.23. The highest BCUT2D eigenvalue weighted by Gasteiger charge is 2.17. The third-order valence-corrected chi connectivity index (χ3v) is 6.92. The first-order valence-corrected chi connectivity index (χ1v) is 13.1. The number of benzene rings is 4. The molecular formula is C34H26N5O+. The number of rotatable bonds is 6. The lowest BCUT2D eigenvalue weighted by molar-refractivity contribution is -0.645. The summed E-state index contributed by atoms with van der Waals surface area (Å²) in [6.45, 7) is 0. The van der Waals surface area contributed by atoms with Gasteiger partial charge in [0.1, 0.15) is 22.9 Å². The van der Waals surface area contributed by atoms with Gasteiger partial charge in [0.25, 0.3) is 12.0 Å². The quantitative estimate of drug-likeness (QED) is 0.219. The van der Waals surface area contributed by atoms with Crippen molar-refractivity contribution in [1.82, 2.24) is 19.3 Å². The van der Waals surface area contributed by atoms with Crippen LogP contribution in [0.25, 0.3) is 44.9 Å². The van der Waals surface area contributed by atoms with Crippen LogP contribution in [0, 0.1) is 0 Å². The van der Waals surface area contributed by atoms with Crippen LogP contribution in [0.1, 0.15) is 0 Å². The average Bonchev–Trinajstić information content (AvgIpc) is 3.61. The van der Waals surface area contributed by atoms with Gasteiger partial charge in [-0.2, -0.15) is 9.67 Å². The molecule has 0 radical (unpaired) electrons. The van der Waals surface area contributed by atoms with E-state index in [0.29, 0.717) is 0 Å². The summed E-state index contributed by atoms with van der Waals surface area (Å²) < 4.78 is 12.4. The molecule has 40 heavy (non-hydrogen) atoms. The average molecular weight is 521 g/mol. The lowest BCUT2D eigenvalue weighted by Gasteiger charge is -2.08. The molecule has 7 aromatic rings. The fraction of sp³-hybridized carbons (Fsp3) is 0.0294. The molecule has 0 bridgehead atoms. The SMILES string of the molecule is C[n+]1cn(-c2cccc(Oc3cccc(-n4cc(-c5ccccc5)c(-c5ccccc5)n4)c3)c2)c2ncccc21. The van der Waals surface area contributed by atoms with Gasteiger partial charge in [0.05, 0.1) is 12.7 Å². The minimum absolute atomic E-state index is 0.730. The summed E-state index contributed by atoms with van der Waals surface area (Å²) in [5.41, 5.74) is 8.06. The Morgan fingerprint density at radius 3 is 2.10 bits per heavy atom. The number of imidazole rings is 1. The Bertz CT molecular complexity index is 1880. The van der Waals surface area contributed by atoms with Gasteiger partial charge in [-0.05, 0) is 42.0 Å².